The molecule has 2 aliphatic rings. The van der Waals surface area contributed by atoms with E-state index in [9.17, 15) is 4.79 Å². The SMILES string of the molecule is NC(=S)CCN(C(=O)c1cccc2c1OCCO2)C1CC1. The fourth-order valence-electron chi connectivity index (χ4n) is 2.46. The molecule has 1 aliphatic heterocycles. The van der Waals surface area contributed by atoms with E-state index in [0.29, 0.717) is 54.3 Å². The van der Waals surface area contributed by atoms with Gasteiger partial charge >= 0.3 is 0 Å². The summed E-state index contributed by atoms with van der Waals surface area (Å²) in [6.45, 7) is 1.54. The Morgan fingerprint density at radius 3 is 2.81 bits per heavy atom. The third-order valence-electron chi connectivity index (χ3n) is 3.64. The van der Waals surface area contributed by atoms with E-state index in [0.717, 1.165) is 12.8 Å². The van der Waals surface area contributed by atoms with Gasteiger partial charge in [-0.25, -0.2) is 0 Å². The molecule has 2 N–H and O–H groups in total. The second kappa shape index (κ2) is 5.89. The molecule has 112 valence electrons. The minimum atomic E-state index is -0.0314. The first-order chi connectivity index (χ1) is 10.2. The van der Waals surface area contributed by atoms with Crippen molar-refractivity contribution >= 4 is 23.1 Å². The number of para-hydroxylation sites is 1. The molecule has 1 amide bonds. The number of nitrogens with zero attached hydrogens (tertiary/aromatic N) is 1. The van der Waals surface area contributed by atoms with Crippen molar-refractivity contribution in [1.29, 1.82) is 0 Å². The number of hydrogen-bond donors (Lipinski definition) is 1. The third kappa shape index (κ3) is 3.10. The highest BCUT2D eigenvalue weighted by Gasteiger charge is 2.34. The lowest BCUT2D eigenvalue weighted by Gasteiger charge is -2.25. The van der Waals surface area contributed by atoms with Crippen LogP contribution in [0.25, 0.3) is 0 Å². The monoisotopic (exact) mass is 306 g/mol. The van der Waals surface area contributed by atoms with Gasteiger partial charge in [-0.15, -0.1) is 0 Å². The summed E-state index contributed by atoms with van der Waals surface area (Å²) in [4.78, 5) is 15.1. The van der Waals surface area contributed by atoms with Crippen LogP contribution in [-0.2, 0) is 0 Å². The van der Waals surface area contributed by atoms with Gasteiger partial charge < -0.3 is 20.1 Å². The van der Waals surface area contributed by atoms with E-state index in [1.54, 1.807) is 6.07 Å². The predicted molar refractivity (Wildman–Crippen MR) is 82.9 cm³/mol. The average Bonchev–Trinajstić information content (AvgIpc) is 3.31. The van der Waals surface area contributed by atoms with Gasteiger partial charge in [-0.3, -0.25) is 4.79 Å². The maximum atomic E-state index is 12.8. The summed E-state index contributed by atoms with van der Waals surface area (Å²) in [5.41, 5.74) is 6.12. The molecule has 0 unspecified atom stereocenters. The molecule has 1 heterocycles. The lowest BCUT2D eigenvalue weighted by Crippen LogP contribution is -2.36. The molecule has 0 atom stereocenters. The number of nitrogens with two attached hydrogens (primary N) is 1. The van der Waals surface area contributed by atoms with Crippen molar-refractivity contribution in [2.75, 3.05) is 19.8 Å². The largest absolute Gasteiger partial charge is 0.486 e. The van der Waals surface area contributed by atoms with Crippen molar-refractivity contribution in [2.45, 2.75) is 25.3 Å². The molecule has 0 saturated heterocycles. The zero-order valence-electron chi connectivity index (χ0n) is 11.7. The van der Waals surface area contributed by atoms with Crippen LogP contribution in [0.2, 0.25) is 0 Å². The first-order valence-corrected chi connectivity index (χ1v) is 7.55. The standard InChI is InChI=1S/C15H18N2O3S/c16-13(21)6-7-17(10-4-5-10)15(18)11-2-1-3-12-14(11)20-9-8-19-12/h1-3,10H,4-9H2,(H2,16,21). The van der Waals surface area contributed by atoms with Crippen LogP contribution in [0, 0.1) is 0 Å². The molecule has 5 nitrogen and oxygen atoms in total. The van der Waals surface area contributed by atoms with Crippen molar-refractivity contribution in [3.63, 3.8) is 0 Å². The molecule has 1 aliphatic carbocycles. The number of rotatable bonds is 5. The second-order valence-electron chi connectivity index (χ2n) is 5.28. The highest BCUT2D eigenvalue weighted by atomic mass is 32.1. The predicted octanol–water partition coefficient (Wildman–Crippen LogP) is 1.74. The fourth-order valence-corrected chi connectivity index (χ4v) is 2.55. The van der Waals surface area contributed by atoms with Crippen molar-refractivity contribution in [1.82, 2.24) is 4.90 Å². The van der Waals surface area contributed by atoms with Crippen LogP contribution in [0.4, 0.5) is 0 Å². The van der Waals surface area contributed by atoms with E-state index in [4.69, 9.17) is 27.4 Å². The zero-order chi connectivity index (χ0) is 14.8. The van der Waals surface area contributed by atoms with Gasteiger partial charge in [0, 0.05) is 19.0 Å². The van der Waals surface area contributed by atoms with Gasteiger partial charge in [-0.1, -0.05) is 18.3 Å². The van der Waals surface area contributed by atoms with Crippen molar-refractivity contribution in [3.8, 4) is 11.5 Å². The van der Waals surface area contributed by atoms with E-state index < -0.39 is 0 Å². The molecule has 0 bridgehead atoms. The molecule has 21 heavy (non-hydrogen) atoms. The van der Waals surface area contributed by atoms with Crippen LogP contribution in [0.5, 0.6) is 11.5 Å². The molecule has 6 heteroatoms. The summed E-state index contributed by atoms with van der Waals surface area (Å²) in [7, 11) is 0. The van der Waals surface area contributed by atoms with E-state index in [1.807, 2.05) is 17.0 Å². The van der Waals surface area contributed by atoms with Gasteiger partial charge in [0.05, 0.1) is 10.6 Å². The van der Waals surface area contributed by atoms with Crippen molar-refractivity contribution in [3.05, 3.63) is 23.8 Å². The third-order valence-corrected chi connectivity index (χ3v) is 3.85. The Morgan fingerprint density at radius 1 is 1.33 bits per heavy atom. The molecule has 1 saturated carbocycles. The molecule has 1 aromatic rings. The molecule has 1 fully saturated rings. The first kappa shape index (κ1) is 14.1. The van der Waals surface area contributed by atoms with E-state index in [1.165, 1.54) is 0 Å². The Kier molecular flexibility index (Phi) is 3.96. The Balaban J connectivity index is 1.84. The van der Waals surface area contributed by atoms with Crippen molar-refractivity contribution < 1.29 is 14.3 Å². The summed E-state index contributed by atoms with van der Waals surface area (Å²) < 4.78 is 11.2. The molecule has 3 rings (SSSR count). The summed E-state index contributed by atoms with van der Waals surface area (Å²) in [6, 6.07) is 5.72. The van der Waals surface area contributed by atoms with Gasteiger partial charge in [-0.05, 0) is 25.0 Å². The fraction of sp³-hybridized carbons (Fsp3) is 0.467. The average molecular weight is 306 g/mol. The van der Waals surface area contributed by atoms with Gasteiger partial charge in [-0.2, -0.15) is 0 Å². The van der Waals surface area contributed by atoms with Crippen LogP contribution < -0.4 is 15.2 Å². The summed E-state index contributed by atoms with van der Waals surface area (Å²) in [5.74, 6) is 1.16. The van der Waals surface area contributed by atoms with Crippen LogP contribution in [-0.4, -0.2) is 41.6 Å². The maximum Gasteiger partial charge on any atom is 0.258 e. The van der Waals surface area contributed by atoms with E-state index in [2.05, 4.69) is 0 Å². The highest BCUT2D eigenvalue weighted by molar-refractivity contribution is 7.80. The number of carbonyl (C=O) groups is 1. The Labute approximate surface area is 129 Å². The van der Waals surface area contributed by atoms with Crippen LogP contribution in [0.1, 0.15) is 29.6 Å². The summed E-state index contributed by atoms with van der Waals surface area (Å²) >= 11 is 4.92. The number of amides is 1. The zero-order valence-corrected chi connectivity index (χ0v) is 12.5. The topological polar surface area (TPSA) is 64.8 Å². The minimum Gasteiger partial charge on any atom is -0.486 e. The minimum absolute atomic E-state index is 0.0314. The van der Waals surface area contributed by atoms with Gasteiger partial charge in [0.25, 0.3) is 5.91 Å². The summed E-state index contributed by atoms with van der Waals surface area (Å²) in [6.07, 6.45) is 2.62. The number of ether oxygens (including phenoxy) is 2. The Bertz CT molecular complexity index is 572. The van der Waals surface area contributed by atoms with Gasteiger partial charge in [0.15, 0.2) is 11.5 Å². The Morgan fingerprint density at radius 2 is 2.10 bits per heavy atom. The second-order valence-corrected chi connectivity index (χ2v) is 5.80. The lowest BCUT2D eigenvalue weighted by molar-refractivity contribution is 0.0737. The van der Waals surface area contributed by atoms with Crippen LogP contribution in [0.3, 0.4) is 0 Å². The number of fused-ring (bicyclic) bond motifs is 1. The van der Waals surface area contributed by atoms with Gasteiger partial charge in [0.1, 0.15) is 13.2 Å². The molecule has 0 aromatic heterocycles. The summed E-state index contributed by atoms with van der Waals surface area (Å²) in [5, 5.41) is 0. The van der Waals surface area contributed by atoms with Crippen LogP contribution >= 0.6 is 12.2 Å². The number of carbonyl (C=O) groups excluding carboxylic acids is 1. The van der Waals surface area contributed by atoms with Gasteiger partial charge in [0.2, 0.25) is 0 Å². The quantitative estimate of drug-likeness (QED) is 0.840. The Hall–Kier alpha value is -1.82. The highest BCUT2D eigenvalue weighted by Crippen LogP contribution is 2.36. The smallest absolute Gasteiger partial charge is 0.258 e. The molecule has 1 aromatic carbocycles. The number of thiocarbonyl (C=S) groups is 1. The maximum absolute atomic E-state index is 12.8. The van der Waals surface area contributed by atoms with Crippen molar-refractivity contribution in [2.24, 2.45) is 5.73 Å². The number of hydrogen-bond acceptors (Lipinski definition) is 4. The van der Waals surface area contributed by atoms with E-state index in [-0.39, 0.29) is 5.91 Å². The number of benzene rings is 1. The van der Waals surface area contributed by atoms with E-state index >= 15 is 0 Å². The molecule has 0 spiro atoms. The molecular weight excluding hydrogens is 288 g/mol. The first-order valence-electron chi connectivity index (χ1n) is 7.14. The molecular formula is C15H18N2O3S. The molecule has 0 radical (unpaired) electrons. The normalized spacial score (nSPS) is 16.4. The lowest BCUT2D eigenvalue weighted by atomic mass is 10.1. The van der Waals surface area contributed by atoms with Crippen LogP contribution in [0.15, 0.2) is 18.2 Å².